The van der Waals surface area contributed by atoms with Gasteiger partial charge in [-0.25, -0.2) is 0 Å². The van der Waals surface area contributed by atoms with Gasteiger partial charge in [-0.2, -0.15) is 11.8 Å². The standard InChI is InChI=1S/C16H25NO2S/c1-3-16(15(18)19,17-4-2)11-8-12-20-13-14-9-6-5-7-10-14/h5-7,9-10,17H,3-4,8,11-13H2,1-2H3,(H,18,19). The number of carbonyl (C=O) groups is 1. The van der Waals surface area contributed by atoms with E-state index in [0.29, 0.717) is 19.4 Å². The summed E-state index contributed by atoms with van der Waals surface area (Å²) in [4.78, 5) is 11.5. The number of aliphatic carboxylic acids is 1. The Bertz CT molecular complexity index is 397. The maximum Gasteiger partial charge on any atom is 0.323 e. The average Bonchev–Trinajstić information content (AvgIpc) is 2.46. The van der Waals surface area contributed by atoms with Gasteiger partial charge in [-0.1, -0.05) is 44.2 Å². The zero-order valence-electron chi connectivity index (χ0n) is 12.4. The molecule has 0 saturated carbocycles. The van der Waals surface area contributed by atoms with Gasteiger partial charge in [-0.05, 0) is 37.1 Å². The van der Waals surface area contributed by atoms with E-state index in [2.05, 4.69) is 17.4 Å². The Kier molecular flexibility index (Phi) is 7.70. The number of hydrogen-bond donors (Lipinski definition) is 2. The van der Waals surface area contributed by atoms with Gasteiger partial charge in [-0.3, -0.25) is 4.79 Å². The molecule has 2 N–H and O–H groups in total. The van der Waals surface area contributed by atoms with E-state index in [0.717, 1.165) is 17.9 Å². The second-order valence-electron chi connectivity index (χ2n) is 4.91. The lowest BCUT2D eigenvalue weighted by molar-refractivity contribution is -0.145. The zero-order valence-corrected chi connectivity index (χ0v) is 13.2. The Morgan fingerprint density at radius 3 is 2.55 bits per heavy atom. The number of carboxylic acids is 1. The third kappa shape index (κ3) is 5.17. The van der Waals surface area contributed by atoms with Crippen molar-refractivity contribution in [2.75, 3.05) is 12.3 Å². The third-order valence-electron chi connectivity index (χ3n) is 3.53. The molecule has 0 amide bonds. The van der Waals surface area contributed by atoms with Gasteiger partial charge in [0.1, 0.15) is 5.54 Å². The minimum atomic E-state index is -0.748. The van der Waals surface area contributed by atoms with Crippen LogP contribution in [0.25, 0.3) is 0 Å². The summed E-state index contributed by atoms with van der Waals surface area (Å²) in [6.45, 7) is 4.59. The van der Waals surface area contributed by atoms with Crippen LogP contribution in [0, 0.1) is 0 Å². The molecule has 0 fully saturated rings. The average molecular weight is 295 g/mol. The number of benzene rings is 1. The SMILES string of the molecule is CCNC(CC)(CCCSCc1ccccc1)C(=O)O. The summed E-state index contributed by atoms with van der Waals surface area (Å²) < 4.78 is 0. The molecule has 1 aromatic rings. The number of carboxylic acid groups (broad SMARTS) is 1. The molecule has 0 aromatic heterocycles. The predicted molar refractivity (Wildman–Crippen MR) is 86.2 cm³/mol. The fourth-order valence-electron chi connectivity index (χ4n) is 2.30. The van der Waals surface area contributed by atoms with Crippen LogP contribution < -0.4 is 5.32 Å². The summed E-state index contributed by atoms with van der Waals surface area (Å²) >= 11 is 1.87. The second kappa shape index (κ2) is 9.03. The first kappa shape index (κ1) is 17.1. The molecule has 0 bridgehead atoms. The number of hydrogen-bond acceptors (Lipinski definition) is 3. The van der Waals surface area contributed by atoms with E-state index in [9.17, 15) is 9.90 Å². The molecule has 0 aliphatic carbocycles. The summed E-state index contributed by atoms with van der Waals surface area (Å²) in [5.74, 6) is 1.26. The van der Waals surface area contributed by atoms with Gasteiger partial charge in [0.15, 0.2) is 0 Å². The van der Waals surface area contributed by atoms with E-state index < -0.39 is 11.5 Å². The molecule has 0 aliphatic heterocycles. The minimum absolute atomic E-state index is 0.625. The van der Waals surface area contributed by atoms with Crippen LogP contribution in [0.5, 0.6) is 0 Å². The zero-order chi connectivity index (χ0) is 14.8. The van der Waals surface area contributed by atoms with E-state index >= 15 is 0 Å². The summed E-state index contributed by atoms with van der Waals surface area (Å²) in [5.41, 5.74) is 0.575. The van der Waals surface area contributed by atoms with Gasteiger partial charge in [-0.15, -0.1) is 0 Å². The molecule has 20 heavy (non-hydrogen) atoms. The van der Waals surface area contributed by atoms with Gasteiger partial charge in [0.25, 0.3) is 0 Å². The topological polar surface area (TPSA) is 49.3 Å². The molecule has 0 aliphatic rings. The number of nitrogens with one attached hydrogen (secondary N) is 1. The fraction of sp³-hybridized carbons (Fsp3) is 0.562. The van der Waals surface area contributed by atoms with Gasteiger partial charge in [0.05, 0.1) is 0 Å². The minimum Gasteiger partial charge on any atom is -0.480 e. The van der Waals surface area contributed by atoms with Gasteiger partial charge >= 0.3 is 5.97 Å². The van der Waals surface area contributed by atoms with Crippen molar-refractivity contribution in [1.82, 2.24) is 5.32 Å². The molecule has 3 nitrogen and oxygen atoms in total. The van der Waals surface area contributed by atoms with Crippen LogP contribution in [0.3, 0.4) is 0 Å². The van der Waals surface area contributed by atoms with Crippen molar-refractivity contribution in [3.05, 3.63) is 35.9 Å². The maximum atomic E-state index is 11.5. The highest BCUT2D eigenvalue weighted by molar-refractivity contribution is 7.98. The first-order valence-corrected chi connectivity index (χ1v) is 8.40. The van der Waals surface area contributed by atoms with E-state index in [4.69, 9.17) is 0 Å². The van der Waals surface area contributed by atoms with Crippen LogP contribution in [-0.4, -0.2) is 28.9 Å². The van der Waals surface area contributed by atoms with Gasteiger partial charge in [0.2, 0.25) is 0 Å². The summed E-state index contributed by atoms with van der Waals surface area (Å²) in [7, 11) is 0. The molecular weight excluding hydrogens is 270 g/mol. The van der Waals surface area contributed by atoms with Crippen LogP contribution in [0.15, 0.2) is 30.3 Å². The summed E-state index contributed by atoms with van der Waals surface area (Å²) in [6, 6.07) is 10.4. The monoisotopic (exact) mass is 295 g/mol. The highest BCUT2D eigenvalue weighted by atomic mass is 32.2. The molecule has 0 spiro atoms. The van der Waals surface area contributed by atoms with Crippen molar-refractivity contribution >= 4 is 17.7 Å². The number of rotatable bonds is 10. The first-order chi connectivity index (χ1) is 9.64. The van der Waals surface area contributed by atoms with Crippen molar-refractivity contribution in [3.63, 3.8) is 0 Å². The van der Waals surface area contributed by atoms with Gasteiger partial charge < -0.3 is 10.4 Å². The third-order valence-corrected chi connectivity index (χ3v) is 4.65. The van der Waals surface area contributed by atoms with Crippen molar-refractivity contribution in [2.45, 2.75) is 44.4 Å². The molecule has 0 saturated heterocycles. The van der Waals surface area contributed by atoms with Crippen molar-refractivity contribution in [3.8, 4) is 0 Å². The Labute approximate surface area is 126 Å². The van der Waals surface area contributed by atoms with Crippen molar-refractivity contribution in [1.29, 1.82) is 0 Å². The highest BCUT2D eigenvalue weighted by Crippen LogP contribution is 2.21. The Morgan fingerprint density at radius 1 is 1.30 bits per heavy atom. The smallest absolute Gasteiger partial charge is 0.323 e. The molecule has 4 heteroatoms. The molecule has 0 heterocycles. The predicted octanol–water partition coefficient (Wildman–Crippen LogP) is 3.54. The normalized spacial score (nSPS) is 13.9. The summed E-state index contributed by atoms with van der Waals surface area (Å²) in [6.07, 6.45) is 2.23. The highest BCUT2D eigenvalue weighted by Gasteiger charge is 2.34. The Balaban J connectivity index is 2.32. The van der Waals surface area contributed by atoms with Crippen LogP contribution in [0.4, 0.5) is 0 Å². The quantitative estimate of drug-likeness (QED) is 0.648. The fourth-order valence-corrected chi connectivity index (χ4v) is 3.22. The Hall–Kier alpha value is -1.00. The maximum absolute atomic E-state index is 11.5. The van der Waals surface area contributed by atoms with Crippen molar-refractivity contribution in [2.24, 2.45) is 0 Å². The van der Waals surface area contributed by atoms with Crippen LogP contribution >= 0.6 is 11.8 Å². The van der Waals surface area contributed by atoms with E-state index in [1.165, 1.54) is 5.56 Å². The molecule has 1 rings (SSSR count). The number of thioether (sulfide) groups is 1. The van der Waals surface area contributed by atoms with Crippen LogP contribution in [-0.2, 0) is 10.5 Å². The lowest BCUT2D eigenvalue weighted by Gasteiger charge is -2.29. The molecule has 1 aromatic carbocycles. The molecule has 1 unspecified atom stereocenters. The molecule has 0 radical (unpaired) electrons. The lowest BCUT2D eigenvalue weighted by Crippen LogP contribution is -2.51. The van der Waals surface area contributed by atoms with E-state index in [1.54, 1.807) is 0 Å². The molecular formula is C16H25NO2S. The van der Waals surface area contributed by atoms with E-state index in [-0.39, 0.29) is 0 Å². The summed E-state index contributed by atoms with van der Waals surface area (Å²) in [5, 5.41) is 12.6. The second-order valence-corrected chi connectivity index (χ2v) is 6.02. The van der Waals surface area contributed by atoms with E-state index in [1.807, 2.05) is 43.8 Å². The van der Waals surface area contributed by atoms with Crippen LogP contribution in [0.2, 0.25) is 0 Å². The largest absolute Gasteiger partial charge is 0.480 e. The molecule has 1 atom stereocenters. The lowest BCUT2D eigenvalue weighted by atomic mass is 9.91. The molecule has 112 valence electrons. The van der Waals surface area contributed by atoms with Crippen molar-refractivity contribution < 1.29 is 9.90 Å². The first-order valence-electron chi connectivity index (χ1n) is 7.24. The van der Waals surface area contributed by atoms with Gasteiger partial charge in [0, 0.05) is 5.75 Å². The van der Waals surface area contributed by atoms with Crippen LogP contribution in [0.1, 0.15) is 38.7 Å². The Morgan fingerprint density at radius 2 is 2.00 bits per heavy atom. The number of likely N-dealkylation sites (N-methyl/N-ethyl adjacent to an activating group) is 1.